The quantitative estimate of drug-likeness (QED) is 0.588. The summed E-state index contributed by atoms with van der Waals surface area (Å²) >= 11 is 0. The molecule has 0 N–H and O–H groups in total. The van der Waals surface area contributed by atoms with E-state index in [1.54, 1.807) is 6.07 Å². The molecule has 1 fully saturated rings. The highest BCUT2D eigenvalue weighted by Crippen LogP contribution is 2.33. The molecule has 2 aromatic rings. The van der Waals surface area contributed by atoms with Crippen molar-refractivity contribution >= 4 is 17.7 Å². The fourth-order valence-corrected chi connectivity index (χ4v) is 3.92. The predicted octanol–water partition coefficient (Wildman–Crippen LogP) is 4.48. The lowest BCUT2D eigenvalue weighted by Crippen LogP contribution is -2.64. The Morgan fingerprint density at radius 3 is 2.27 bits per heavy atom. The molecule has 1 saturated heterocycles. The van der Waals surface area contributed by atoms with Crippen LogP contribution in [0.15, 0.2) is 70.6 Å². The number of benzene rings is 2. The van der Waals surface area contributed by atoms with E-state index in [0.29, 0.717) is 31.0 Å². The Balaban J connectivity index is 2.19. The van der Waals surface area contributed by atoms with E-state index in [0.717, 1.165) is 17.1 Å². The van der Waals surface area contributed by atoms with Gasteiger partial charge in [-0.15, -0.1) is 0 Å². The molecule has 1 aliphatic heterocycles. The zero-order valence-electron chi connectivity index (χ0n) is 19.9. The van der Waals surface area contributed by atoms with E-state index in [4.69, 9.17) is 9.68 Å². The lowest BCUT2D eigenvalue weighted by Gasteiger charge is -2.49. The van der Waals surface area contributed by atoms with Crippen LogP contribution in [0.25, 0.3) is 6.08 Å². The topological polar surface area (TPSA) is 73.4 Å². The van der Waals surface area contributed by atoms with Crippen LogP contribution in [0, 0.1) is 11.3 Å². The molecule has 1 unspecified atom stereocenters. The third kappa shape index (κ3) is 5.01. The van der Waals surface area contributed by atoms with Crippen LogP contribution in [0.1, 0.15) is 37.5 Å². The van der Waals surface area contributed by atoms with Crippen LogP contribution in [0.3, 0.4) is 0 Å². The molecule has 33 heavy (non-hydrogen) atoms. The van der Waals surface area contributed by atoms with Gasteiger partial charge in [0.15, 0.2) is 11.7 Å². The van der Waals surface area contributed by atoms with Gasteiger partial charge in [-0.2, -0.15) is 5.26 Å². The minimum absolute atomic E-state index is 0.443. The number of amidine groups is 2. The molecule has 1 aliphatic rings. The van der Waals surface area contributed by atoms with Crippen LogP contribution in [0.2, 0.25) is 0 Å². The van der Waals surface area contributed by atoms with Gasteiger partial charge in [0.2, 0.25) is 0 Å². The van der Waals surface area contributed by atoms with Crippen LogP contribution in [0.4, 0.5) is 0 Å². The third-order valence-electron chi connectivity index (χ3n) is 5.77. The molecule has 172 valence electrons. The van der Waals surface area contributed by atoms with Gasteiger partial charge in [0.1, 0.15) is 18.8 Å². The van der Waals surface area contributed by atoms with Crippen LogP contribution < -0.4 is 0 Å². The Bertz CT molecular complexity index is 1090. The van der Waals surface area contributed by atoms with Crippen molar-refractivity contribution in [1.29, 1.82) is 5.26 Å². The summed E-state index contributed by atoms with van der Waals surface area (Å²) in [6.07, 6.45) is 2.63. The molecule has 1 atom stereocenters. The molecule has 0 spiro atoms. The highest BCUT2D eigenvalue weighted by Gasteiger charge is 2.47. The molecule has 7 heteroatoms. The average molecular weight is 446 g/mol. The van der Waals surface area contributed by atoms with Crippen LogP contribution in [-0.4, -0.2) is 54.3 Å². The van der Waals surface area contributed by atoms with Gasteiger partial charge in [0.25, 0.3) is 0 Å². The summed E-state index contributed by atoms with van der Waals surface area (Å²) in [6.45, 7) is 6.83. The van der Waals surface area contributed by atoms with Crippen molar-refractivity contribution in [2.24, 2.45) is 10.3 Å². The second-order valence-electron chi connectivity index (χ2n) is 7.95. The normalized spacial score (nSPS) is 22.0. The Morgan fingerprint density at radius 1 is 0.970 bits per heavy atom. The smallest absolute Gasteiger partial charge is 0.192 e. The van der Waals surface area contributed by atoms with Crippen molar-refractivity contribution in [3.05, 3.63) is 77.0 Å². The Morgan fingerprint density at radius 2 is 1.61 bits per heavy atom. The number of rotatable bonds is 7. The summed E-state index contributed by atoms with van der Waals surface area (Å²) in [5.74, 6) is 1.40. The van der Waals surface area contributed by atoms with Crippen molar-refractivity contribution in [3.8, 4) is 6.07 Å². The first kappa shape index (κ1) is 23.9. The van der Waals surface area contributed by atoms with E-state index in [1.807, 2.05) is 75.3 Å². The molecule has 7 nitrogen and oxygen atoms in total. The molecule has 3 rings (SSSR count). The molecule has 0 aromatic heterocycles. The first-order valence-corrected chi connectivity index (χ1v) is 11.1. The van der Waals surface area contributed by atoms with E-state index in [9.17, 15) is 5.26 Å². The Labute approximate surface area is 196 Å². The fraction of sp³-hybridized carbons (Fsp3) is 0.346. The summed E-state index contributed by atoms with van der Waals surface area (Å²) < 4.78 is 0. The van der Waals surface area contributed by atoms with Crippen molar-refractivity contribution in [1.82, 2.24) is 9.80 Å². The van der Waals surface area contributed by atoms with Gasteiger partial charge >= 0.3 is 0 Å². The minimum Gasteiger partial charge on any atom is -0.395 e. The van der Waals surface area contributed by atoms with Gasteiger partial charge in [0, 0.05) is 20.5 Å². The van der Waals surface area contributed by atoms with E-state index in [1.165, 1.54) is 5.56 Å². The number of nitriles is 1. The summed E-state index contributed by atoms with van der Waals surface area (Å²) in [7, 11) is 3.93. The SMILES string of the molecule is CCON=C1/C(=C/c2ccccc2C#N)N(C)/C(=N\OCC)C(C)(Cc2ccccc2)N1C. The predicted molar refractivity (Wildman–Crippen MR) is 131 cm³/mol. The highest BCUT2D eigenvalue weighted by atomic mass is 16.6. The monoisotopic (exact) mass is 445 g/mol. The van der Waals surface area contributed by atoms with Crippen molar-refractivity contribution in [2.75, 3.05) is 27.3 Å². The number of oxime groups is 2. The van der Waals surface area contributed by atoms with Crippen molar-refractivity contribution in [3.63, 3.8) is 0 Å². The number of hydrogen-bond donors (Lipinski definition) is 0. The molecule has 0 bridgehead atoms. The zero-order chi connectivity index (χ0) is 23.8. The second-order valence-corrected chi connectivity index (χ2v) is 7.95. The van der Waals surface area contributed by atoms with Crippen molar-refractivity contribution in [2.45, 2.75) is 32.7 Å². The Kier molecular flexibility index (Phi) is 7.73. The summed E-state index contributed by atoms with van der Waals surface area (Å²) in [5, 5.41) is 18.6. The average Bonchev–Trinajstić information content (AvgIpc) is 2.83. The van der Waals surface area contributed by atoms with Gasteiger partial charge in [-0.25, -0.2) is 0 Å². The molecule has 1 heterocycles. The lowest BCUT2D eigenvalue weighted by atomic mass is 9.86. The van der Waals surface area contributed by atoms with E-state index < -0.39 is 5.54 Å². The fourth-order valence-electron chi connectivity index (χ4n) is 3.92. The van der Waals surface area contributed by atoms with Gasteiger partial charge in [-0.1, -0.05) is 58.8 Å². The first-order valence-electron chi connectivity index (χ1n) is 11.1. The maximum Gasteiger partial charge on any atom is 0.192 e. The zero-order valence-corrected chi connectivity index (χ0v) is 19.9. The second kappa shape index (κ2) is 10.7. The molecular weight excluding hydrogens is 414 g/mol. The summed E-state index contributed by atoms with van der Waals surface area (Å²) in [6, 6.07) is 20.0. The Hall–Kier alpha value is -3.79. The number of nitrogens with zero attached hydrogens (tertiary/aromatic N) is 5. The van der Waals surface area contributed by atoms with E-state index in [2.05, 4.69) is 40.3 Å². The largest absolute Gasteiger partial charge is 0.395 e. The van der Waals surface area contributed by atoms with Gasteiger partial charge < -0.3 is 19.5 Å². The van der Waals surface area contributed by atoms with Crippen molar-refractivity contribution < 1.29 is 9.68 Å². The maximum atomic E-state index is 9.59. The van der Waals surface area contributed by atoms with Gasteiger partial charge in [0.05, 0.1) is 17.3 Å². The molecular formula is C26H31N5O2. The van der Waals surface area contributed by atoms with E-state index >= 15 is 0 Å². The molecule has 2 aromatic carbocycles. The molecule has 0 amide bonds. The molecule has 0 aliphatic carbocycles. The highest BCUT2D eigenvalue weighted by molar-refractivity contribution is 6.12. The minimum atomic E-state index is -0.562. The standard InChI is InChI=1S/C26H31N5O2/c1-6-32-28-24-23(17-21-15-11-12-16-22(21)19-27)30(4)25(29-33-7-2)26(3,31(24)5)18-20-13-9-8-10-14-20/h8-17H,6-7,18H2,1-5H3/b23-17-,28-24?,29-25-. The maximum absolute atomic E-state index is 9.59. The molecule has 0 saturated carbocycles. The van der Waals surface area contributed by atoms with Gasteiger partial charge in [-0.05, 0) is 44.0 Å². The van der Waals surface area contributed by atoms with Crippen LogP contribution in [0.5, 0.6) is 0 Å². The van der Waals surface area contributed by atoms with E-state index in [-0.39, 0.29) is 0 Å². The number of piperazine rings is 1. The number of likely N-dealkylation sites (N-methyl/N-ethyl adjacent to an activating group) is 2. The summed E-state index contributed by atoms with van der Waals surface area (Å²) in [4.78, 5) is 15.1. The third-order valence-corrected chi connectivity index (χ3v) is 5.77. The molecule has 0 radical (unpaired) electrons. The summed E-state index contributed by atoms with van der Waals surface area (Å²) in [5.41, 5.74) is 2.74. The van der Waals surface area contributed by atoms with Crippen LogP contribution in [-0.2, 0) is 16.1 Å². The van der Waals surface area contributed by atoms with Crippen LogP contribution >= 0.6 is 0 Å². The lowest BCUT2D eigenvalue weighted by molar-refractivity contribution is 0.135. The first-order chi connectivity index (χ1) is 16.0. The van der Waals surface area contributed by atoms with Gasteiger partial charge in [-0.3, -0.25) is 0 Å². The number of hydrogen-bond acceptors (Lipinski definition) is 5.